The smallest absolute Gasteiger partial charge is 0.338 e. The molecule has 0 atom stereocenters. The van der Waals surface area contributed by atoms with Gasteiger partial charge >= 0.3 is 5.97 Å². The van der Waals surface area contributed by atoms with Crippen molar-refractivity contribution in [2.45, 2.75) is 6.92 Å². The van der Waals surface area contributed by atoms with E-state index in [1.165, 1.54) is 7.11 Å². The van der Waals surface area contributed by atoms with Gasteiger partial charge in [-0.25, -0.2) is 4.79 Å². The number of carbonyl (C=O) groups excluding carboxylic acids is 1. The van der Waals surface area contributed by atoms with Crippen molar-refractivity contribution in [2.75, 3.05) is 7.11 Å². The molecule has 5 heteroatoms. The molecule has 16 heavy (non-hydrogen) atoms. The third kappa shape index (κ3) is 1.79. The van der Waals surface area contributed by atoms with Gasteiger partial charge in [0.05, 0.1) is 18.2 Å². The highest BCUT2D eigenvalue weighted by Crippen LogP contribution is 2.22. The fourth-order valence-corrected chi connectivity index (χ4v) is 1.36. The normalized spacial score (nSPS) is 10.1. The lowest BCUT2D eigenvalue weighted by atomic mass is 10.1. The minimum absolute atomic E-state index is 0.318. The molecule has 0 aliphatic rings. The second-order valence-electron chi connectivity index (χ2n) is 3.16. The summed E-state index contributed by atoms with van der Waals surface area (Å²) < 4.78 is 9.95. The minimum atomic E-state index is -0.425. The molecule has 2 rings (SSSR count). The van der Waals surface area contributed by atoms with Crippen LogP contribution in [0.25, 0.3) is 11.5 Å². The average Bonchev–Trinajstić information content (AvgIpc) is 2.75. The summed E-state index contributed by atoms with van der Waals surface area (Å²) in [7, 11) is 1.33. The molecule has 0 amide bonds. The van der Waals surface area contributed by atoms with Gasteiger partial charge in [0, 0.05) is 6.92 Å². The lowest BCUT2D eigenvalue weighted by Gasteiger charge is -2.02. The molecule has 0 radical (unpaired) electrons. The Hall–Kier alpha value is -2.17. The molecule has 0 aliphatic carbocycles. The van der Waals surface area contributed by atoms with E-state index in [9.17, 15) is 4.79 Å². The molecule has 0 N–H and O–H groups in total. The number of esters is 1. The lowest BCUT2D eigenvalue weighted by molar-refractivity contribution is 0.0601. The first-order chi connectivity index (χ1) is 7.72. The molecule has 0 fully saturated rings. The number of aromatic nitrogens is 2. The Bertz CT molecular complexity index is 519. The van der Waals surface area contributed by atoms with Crippen molar-refractivity contribution in [3.8, 4) is 11.5 Å². The highest BCUT2D eigenvalue weighted by Gasteiger charge is 2.16. The van der Waals surface area contributed by atoms with Crippen molar-refractivity contribution in [1.29, 1.82) is 0 Å². The zero-order valence-corrected chi connectivity index (χ0v) is 8.93. The first-order valence-corrected chi connectivity index (χ1v) is 4.70. The molecule has 1 aromatic carbocycles. The van der Waals surface area contributed by atoms with Crippen LogP contribution in [0.3, 0.4) is 0 Å². The van der Waals surface area contributed by atoms with Crippen LogP contribution in [0, 0.1) is 6.92 Å². The Labute approximate surface area is 92.1 Å². The van der Waals surface area contributed by atoms with Gasteiger partial charge in [-0.2, -0.15) is 0 Å². The standard InChI is InChI=1S/C11H10N2O3/c1-7-12-13-10(16-7)8-5-3-4-6-9(8)11(14)15-2/h3-6H,1-2H3. The van der Waals surface area contributed by atoms with E-state index in [4.69, 9.17) is 4.42 Å². The van der Waals surface area contributed by atoms with Gasteiger partial charge in [-0.3, -0.25) is 0 Å². The third-order valence-corrected chi connectivity index (χ3v) is 2.09. The van der Waals surface area contributed by atoms with E-state index < -0.39 is 5.97 Å². The lowest BCUT2D eigenvalue weighted by Crippen LogP contribution is -2.03. The molecule has 82 valence electrons. The number of carbonyl (C=O) groups is 1. The van der Waals surface area contributed by atoms with E-state index in [-0.39, 0.29) is 0 Å². The van der Waals surface area contributed by atoms with Gasteiger partial charge in [0.25, 0.3) is 0 Å². The Balaban J connectivity index is 2.52. The summed E-state index contributed by atoms with van der Waals surface area (Å²) in [6, 6.07) is 6.93. The molecule has 0 bridgehead atoms. The number of ether oxygens (including phenoxy) is 1. The van der Waals surface area contributed by atoms with Gasteiger partial charge in [-0.1, -0.05) is 12.1 Å². The maximum atomic E-state index is 11.5. The summed E-state index contributed by atoms with van der Waals surface area (Å²) in [5.74, 6) is 0.347. The van der Waals surface area contributed by atoms with Crippen LogP contribution in [-0.4, -0.2) is 23.3 Å². The largest absolute Gasteiger partial charge is 0.465 e. The predicted molar refractivity (Wildman–Crippen MR) is 55.8 cm³/mol. The summed E-state index contributed by atoms with van der Waals surface area (Å²) in [5, 5.41) is 7.59. The van der Waals surface area contributed by atoms with E-state index in [2.05, 4.69) is 14.9 Å². The van der Waals surface area contributed by atoms with Crippen LogP contribution < -0.4 is 0 Å². The molecule has 1 aromatic heterocycles. The number of benzene rings is 1. The molecule has 0 aliphatic heterocycles. The van der Waals surface area contributed by atoms with Crippen LogP contribution in [0.15, 0.2) is 28.7 Å². The van der Waals surface area contributed by atoms with E-state index in [1.54, 1.807) is 31.2 Å². The number of methoxy groups -OCH3 is 1. The SMILES string of the molecule is COC(=O)c1ccccc1-c1nnc(C)o1. The summed E-state index contributed by atoms with van der Waals surface area (Å²) in [6.45, 7) is 1.69. The van der Waals surface area contributed by atoms with E-state index in [1.807, 2.05) is 0 Å². The van der Waals surface area contributed by atoms with Gasteiger partial charge in [0.2, 0.25) is 11.8 Å². The van der Waals surface area contributed by atoms with Gasteiger partial charge < -0.3 is 9.15 Å². The van der Waals surface area contributed by atoms with Gasteiger partial charge in [0.1, 0.15) is 0 Å². The summed E-state index contributed by atoms with van der Waals surface area (Å²) in [4.78, 5) is 11.5. The highest BCUT2D eigenvalue weighted by atomic mass is 16.5. The van der Waals surface area contributed by atoms with Crippen LogP contribution >= 0.6 is 0 Å². The summed E-state index contributed by atoms with van der Waals surface area (Å²) >= 11 is 0. The zero-order chi connectivity index (χ0) is 11.5. The third-order valence-electron chi connectivity index (χ3n) is 2.09. The van der Waals surface area contributed by atoms with Crippen molar-refractivity contribution in [2.24, 2.45) is 0 Å². The van der Waals surface area contributed by atoms with Crippen LogP contribution in [0.4, 0.5) is 0 Å². The Morgan fingerprint density at radius 2 is 2.06 bits per heavy atom. The Kier molecular flexibility index (Phi) is 2.68. The van der Waals surface area contributed by atoms with Crippen molar-refractivity contribution in [3.05, 3.63) is 35.7 Å². The highest BCUT2D eigenvalue weighted by molar-refractivity contribution is 5.95. The van der Waals surface area contributed by atoms with Crippen LogP contribution in [0.2, 0.25) is 0 Å². The Morgan fingerprint density at radius 1 is 1.31 bits per heavy atom. The fourth-order valence-electron chi connectivity index (χ4n) is 1.36. The maximum Gasteiger partial charge on any atom is 0.338 e. The number of nitrogens with zero attached hydrogens (tertiary/aromatic N) is 2. The molecule has 0 saturated heterocycles. The summed E-state index contributed by atoms with van der Waals surface area (Å²) in [5.41, 5.74) is 0.989. The Morgan fingerprint density at radius 3 is 2.69 bits per heavy atom. The van der Waals surface area contributed by atoms with E-state index >= 15 is 0 Å². The molecule has 0 unspecified atom stereocenters. The van der Waals surface area contributed by atoms with Crippen LogP contribution in [0.5, 0.6) is 0 Å². The number of rotatable bonds is 2. The predicted octanol–water partition coefficient (Wildman–Crippen LogP) is 1.83. The van der Waals surface area contributed by atoms with Gasteiger partial charge in [-0.05, 0) is 12.1 Å². The molecular formula is C11H10N2O3. The van der Waals surface area contributed by atoms with Gasteiger partial charge in [0.15, 0.2) is 0 Å². The van der Waals surface area contributed by atoms with Crippen LogP contribution in [-0.2, 0) is 4.74 Å². The monoisotopic (exact) mass is 218 g/mol. The minimum Gasteiger partial charge on any atom is -0.465 e. The molecule has 5 nitrogen and oxygen atoms in total. The average molecular weight is 218 g/mol. The molecule has 1 heterocycles. The van der Waals surface area contributed by atoms with Crippen molar-refractivity contribution >= 4 is 5.97 Å². The maximum absolute atomic E-state index is 11.5. The quantitative estimate of drug-likeness (QED) is 0.719. The number of aryl methyl sites for hydroxylation is 1. The molecule has 0 spiro atoms. The number of hydrogen-bond donors (Lipinski definition) is 0. The zero-order valence-electron chi connectivity index (χ0n) is 8.93. The topological polar surface area (TPSA) is 65.2 Å². The number of hydrogen-bond acceptors (Lipinski definition) is 5. The second kappa shape index (κ2) is 4.14. The van der Waals surface area contributed by atoms with E-state index in [0.717, 1.165) is 0 Å². The second-order valence-corrected chi connectivity index (χ2v) is 3.16. The first-order valence-electron chi connectivity index (χ1n) is 4.70. The van der Waals surface area contributed by atoms with Crippen molar-refractivity contribution in [1.82, 2.24) is 10.2 Å². The summed E-state index contributed by atoms with van der Waals surface area (Å²) in [6.07, 6.45) is 0. The van der Waals surface area contributed by atoms with Crippen molar-refractivity contribution < 1.29 is 13.9 Å². The molecule has 2 aromatic rings. The molecular weight excluding hydrogens is 208 g/mol. The fraction of sp³-hybridized carbons (Fsp3) is 0.182. The van der Waals surface area contributed by atoms with Crippen LogP contribution in [0.1, 0.15) is 16.2 Å². The van der Waals surface area contributed by atoms with E-state index in [0.29, 0.717) is 22.9 Å². The molecule has 0 saturated carbocycles. The van der Waals surface area contributed by atoms with Gasteiger partial charge in [-0.15, -0.1) is 10.2 Å². The van der Waals surface area contributed by atoms with Crippen molar-refractivity contribution in [3.63, 3.8) is 0 Å². The first kappa shape index (κ1) is 10.4.